The molecule has 1 atom stereocenters. The van der Waals surface area contributed by atoms with Crippen molar-refractivity contribution in [1.29, 1.82) is 0 Å². The average molecular weight is 522 g/mol. The van der Waals surface area contributed by atoms with Crippen LogP contribution >= 0.6 is 11.8 Å². The third-order valence-corrected chi connectivity index (χ3v) is 7.04. The van der Waals surface area contributed by atoms with Crippen molar-refractivity contribution in [1.82, 2.24) is 5.32 Å². The highest BCUT2D eigenvalue weighted by atomic mass is 32.2. The minimum atomic E-state index is -1.03. The zero-order valence-corrected chi connectivity index (χ0v) is 22.4. The molecular weight excluding hydrogens is 490 g/mol. The van der Waals surface area contributed by atoms with E-state index in [-0.39, 0.29) is 5.91 Å². The molecule has 4 aromatic rings. The predicted octanol–water partition coefficient (Wildman–Crippen LogP) is 7.44. The molecule has 5 heteroatoms. The summed E-state index contributed by atoms with van der Waals surface area (Å²) < 4.78 is 0. The third kappa shape index (κ3) is 6.81. The fourth-order valence-corrected chi connectivity index (χ4v) is 4.81. The van der Waals surface area contributed by atoms with E-state index in [4.69, 9.17) is 0 Å². The second-order valence-electron chi connectivity index (χ2n) is 9.09. The Morgan fingerprint density at radius 3 is 2.21 bits per heavy atom. The largest absolute Gasteiger partial charge is 0.480 e. The van der Waals surface area contributed by atoms with E-state index in [1.807, 2.05) is 79.9 Å². The first-order chi connectivity index (χ1) is 18.5. The van der Waals surface area contributed by atoms with Gasteiger partial charge in [-0.05, 0) is 82.5 Å². The van der Waals surface area contributed by atoms with Crippen molar-refractivity contribution in [2.75, 3.05) is 12.0 Å². The fraction of sp³-hybridized carbons (Fsp3) is 0.152. The summed E-state index contributed by atoms with van der Waals surface area (Å²) in [7, 11) is 0. The highest BCUT2D eigenvalue weighted by Gasteiger charge is 2.22. The maximum absolute atomic E-state index is 13.3. The highest BCUT2D eigenvalue weighted by Crippen LogP contribution is 2.29. The number of carbonyl (C=O) groups excluding carboxylic acids is 1. The maximum atomic E-state index is 13.3. The van der Waals surface area contributed by atoms with Crippen LogP contribution in [0.25, 0.3) is 34.4 Å². The van der Waals surface area contributed by atoms with Gasteiger partial charge in [-0.1, -0.05) is 91.0 Å². The van der Waals surface area contributed by atoms with Crippen LogP contribution in [0.15, 0.2) is 97.1 Å². The summed E-state index contributed by atoms with van der Waals surface area (Å²) >= 11 is 1.56. The minimum Gasteiger partial charge on any atom is -0.480 e. The van der Waals surface area contributed by atoms with E-state index in [0.29, 0.717) is 17.7 Å². The van der Waals surface area contributed by atoms with Crippen molar-refractivity contribution in [2.24, 2.45) is 0 Å². The second kappa shape index (κ2) is 12.9. The first-order valence-electron chi connectivity index (χ1n) is 12.5. The number of amides is 1. The van der Waals surface area contributed by atoms with E-state index < -0.39 is 12.0 Å². The van der Waals surface area contributed by atoms with Gasteiger partial charge >= 0.3 is 5.97 Å². The molecule has 0 saturated heterocycles. The molecule has 0 fully saturated rings. The number of carboxylic acid groups (broad SMARTS) is 1. The molecule has 0 bridgehead atoms. The summed E-state index contributed by atoms with van der Waals surface area (Å²) in [6, 6.07) is 31.3. The number of benzene rings is 4. The first-order valence-corrected chi connectivity index (χ1v) is 13.9. The summed E-state index contributed by atoms with van der Waals surface area (Å²) in [4.78, 5) is 25.0. The summed E-state index contributed by atoms with van der Waals surface area (Å²) in [6.45, 7) is 2.01. The van der Waals surface area contributed by atoms with Gasteiger partial charge in [-0.15, -0.1) is 0 Å². The highest BCUT2D eigenvalue weighted by molar-refractivity contribution is 7.98. The lowest BCUT2D eigenvalue weighted by Gasteiger charge is -2.17. The number of hydrogen-bond donors (Lipinski definition) is 2. The molecule has 4 nitrogen and oxygen atoms in total. The average Bonchev–Trinajstić information content (AvgIpc) is 2.94. The molecule has 0 aromatic heterocycles. The molecule has 1 unspecified atom stereocenters. The molecule has 4 aromatic carbocycles. The Bertz CT molecular complexity index is 1450. The summed E-state index contributed by atoms with van der Waals surface area (Å²) in [6.07, 6.45) is 6.38. The van der Waals surface area contributed by atoms with Gasteiger partial charge in [0.15, 0.2) is 0 Å². The second-order valence-corrected chi connectivity index (χ2v) is 10.1. The zero-order valence-electron chi connectivity index (χ0n) is 21.6. The van der Waals surface area contributed by atoms with Crippen molar-refractivity contribution in [2.45, 2.75) is 19.4 Å². The van der Waals surface area contributed by atoms with Crippen LogP contribution in [0, 0.1) is 6.92 Å². The molecule has 1 amide bonds. The Labute approximate surface area is 228 Å². The Kier molecular flexibility index (Phi) is 9.17. The van der Waals surface area contributed by atoms with Crippen molar-refractivity contribution in [3.05, 3.63) is 119 Å². The van der Waals surface area contributed by atoms with E-state index in [9.17, 15) is 14.7 Å². The number of nitrogens with one attached hydrogen (secondary N) is 1. The van der Waals surface area contributed by atoms with Crippen LogP contribution in [-0.4, -0.2) is 35.0 Å². The van der Waals surface area contributed by atoms with Crippen LogP contribution < -0.4 is 5.32 Å². The van der Waals surface area contributed by atoms with Crippen LogP contribution in [0.5, 0.6) is 0 Å². The van der Waals surface area contributed by atoms with Crippen LogP contribution in [0.1, 0.15) is 33.5 Å². The lowest BCUT2D eigenvalue weighted by atomic mass is 9.93. The normalized spacial score (nSPS) is 11.8. The molecule has 38 heavy (non-hydrogen) atoms. The number of hydrogen-bond acceptors (Lipinski definition) is 3. The van der Waals surface area contributed by atoms with E-state index >= 15 is 0 Å². The van der Waals surface area contributed by atoms with Crippen LogP contribution in [0.2, 0.25) is 0 Å². The molecule has 0 aliphatic rings. The van der Waals surface area contributed by atoms with Crippen LogP contribution in [0.4, 0.5) is 0 Å². The van der Waals surface area contributed by atoms with Gasteiger partial charge in [-0.2, -0.15) is 11.8 Å². The number of thioether (sulfide) groups is 1. The van der Waals surface area contributed by atoms with Gasteiger partial charge in [0.25, 0.3) is 5.91 Å². The molecule has 0 aliphatic carbocycles. The molecule has 0 aliphatic heterocycles. The first kappa shape index (κ1) is 27.0. The summed E-state index contributed by atoms with van der Waals surface area (Å²) in [5.41, 5.74) is 7.54. The molecule has 0 radical (unpaired) electrons. The van der Waals surface area contributed by atoms with E-state index in [1.165, 1.54) is 0 Å². The van der Waals surface area contributed by atoms with Crippen molar-refractivity contribution in [3.63, 3.8) is 0 Å². The number of aryl methyl sites for hydroxylation is 1. The Hall–Kier alpha value is -4.09. The molecule has 0 heterocycles. The maximum Gasteiger partial charge on any atom is 0.326 e. The van der Waals surface area contributed by atoms with Crippen molar-refractivity contribution < 1.29 is 14.7 Å². The van der Waals surface area contributed by atoms with Gasteiger partial charge in [-0.3, -0.25) is 4.79 Å². The van der Waals surface area contributed by atoms with E-state index in [0.717, 1.165) is 38.9 Å². The van der Waals surface area contributed by atoms with Gasteiger partial charge in [0, 0.05) is 5.56 Å². The zero-order chi connectivity index (χ0) is 26.9. The van der Waals surface area contributed by atoms with E-state index in [1.54, 1.807) is 17.8 Å². The summed E-state index contributed by atoms with van der Waals surface area (Å²) in [5, 5.41) is 12.3. The van der Waals surface area contributed by atoms with Gasteiger partial charge in [0.2, 0.25) is 0 Å². The monoisotopic (exact) mass is 521 g/mol. The van der Waals surface area contributed by atoms with Gasteiger partial charge < -0.3 is 10.4 Å². The van der Waals surface area contributed by atoms with Crippen molar-refractivity contribution >= 4 is 35.8 Å². The molecule has 4 rings (SSSR count). The standard InChI is InChI=1S/C33H31NO3S/c1-23-9-6-7-14-28(23)30-22-25(17-18-29(30)32(35)34-31(33(36)37)19-20-38-2)16-15-24-10-8-13-27(21-24)26-11-4-3-5-12-26/h3-18,21-22,31H,19-20H2,1-2H3,(H,34,35)(H,36,37)/b16-15+. The molecule has 192 valence electrons. The molecule has 2 N–H and O–H groups in total. The van der Waals surface area contributed by atoms with Gasteiger partial charge in [-0.25, -0.2) is 4.79 Å². The third-order valence-electron chi connectivity index (χ3n) is 6.40. The Morgan fingerprint density at radius 2 is 1.50 bits per heavy atom. The van der Waals surface area contributed by atoms with Gasteiger partial charge in [0.1, 0.15) is 6.04 Å². The van der Waals surface area contributed by atoms with E-state index in [2.05, 4.69) is 41.7 Å². The quantitative estimate of drug-likeness (QED) is 0.213. The lowest BCUT2D eigenvalue weighted by Crippen LogP contribution is -2.41. The molecular formula is C33H31NO3S. The van der Waals surface area contributed by atoms with Crippen molar-refractivity contribution in [3.8, 4) is 22.3 Å². The fourth-order valence-electron chi connectivity index (χ4n) is 4.34. The SMILES string of the molecule is CSCCC(NC(=O)c1ccc(/C=C/c2cccc(-c3ccccc3)c2)cc1-c1ccccc1C)C(=O)O. The number of carboxylic acids is 1. The number of aliphatic carboxylic acids is 1. The molecule has 0 saturated carbocycles. The Morgan fingerprint density at radius 1 is 0.816 bits per heavy atom. The predicted molar refractivity (Wildman–Crippen MR) is 159 cm³/mol. The minimum absolute atomic E-state index is 0.366. The smallest absolute Gasteiger partial charge is 0.326 e. The van der Waals surface area contributed by atoms with Crippen LogP contribution in [0.3, 0.4) is 0 Å². The topological polar surface area (TPSA) is 66.4 Å². The van der Waals surface area contributed by atoms with Gasteiger partial charge in [0.05, 0.1) is 0 Å². The lowest BCUT2D eigenvalue weighted by molar-refractivity contribution is -0.139. The molecule has 0 spiro atoms. The van der Waals surface area contributed by atoms with Crippen LogP contribution in [-0.2, 0) is 4.79 Å². The number of carbonyl (C=O) groups is 2. The summed E-state index contributed by atoms with van der Waals surface area (Å²) in [5.74, 6) is -0.762. The number of rotatable bonds is 10. The Balaban J connectivity index is 1.66.